The van der Waals surface area contributed by atoms with Crippen LogP contribution in [0.2, 0.25) is 5.02 Å². The molecule has 112 valence electrons. The quantitative estimate of drug-likeness (QED) is 0.846. The molecule has 1 unspecified atom stereocenters. The molecule has 0 amide bonds. The highest BCUT2D eigenvalue weighted by Gasteiger charge is 2.16. The number of ether oxygens (including phenoxy) is 1. The van der Waals surface area contributed by atoms with Gasteiger partial charge in [0.05, 0.1) is 12.3 Å². The van der Waals surface area contributed by atoms with Gasteiger partial charge in [-0.25, -0.2) is 0 Å². The summed E-state index contributed by atoms with van der Waals surface area (Å²) in [5, 5.41) is 0.639. The predicted octanol–water partition coefficient (Wildman–Crippen LogP) is 2.18. The van der Waals surface area contributed by atoms with E-state index >= 15 is 0 Å². The lowest BCUT2D eigenvalue weighted by atomic mass is 10.1. The highest BCUT2D eigenvalue weighted by Crippen LogP contribution is 2.25. The van der Waals surface area contributed by atoms with Crippen LogP contribution in [0, 0.1) is 5.92 Å². The molecule has 1 aliphatic heterocycles. The lowest BCUT2D eigenvalue weighted by molar-refractivity contribution is 0.123. The molecule has 0 aliphatic carbocycles. The van der Waals surface area contributed by atoms with Crippen LogP contribution >= 0.6 is 11.6 Å². The molecule has 0 aromatic heterocycles. The van der Waals surface area contributed by atoms with E-state index in [4.69, 9.17) is 22.1 Å². The highest BCUT2D eigenvalue weighted by molar-refractivity contribution is 6.30. The van der Waals surface area contributed by atoms with Gasteiger partial charge in [-0.3, -0.25) is 0 Å². The third kappa shape index (κ3) is 4.54. The van der Waals surface area contributed by atoms with Gasteiger partial charge in [-0.15, -0.1) is 0 Å². The van der Waals surface area contributed by atoms with Gasteiger partial charge in [0, 0.05) is 43.7 Å². The summed E-state index contributed by atoms with van der Waals surface area (Å²) in [5.41, 5.74) is 6.48. The van der Waals surface area contributed by atoms with Crippen molar-refractivity contribution >= 4 is 17.3 Å². The number of nitrogens with two attached hydrogens (primary N) is 1. The van der Waals surface area contributed by atoms with Crippen LogP contribution in [0.25, 0.3) is 0 Å². The molecule has 2 N–H and O–H groups in total. The Kier molecular flexibility index (Phi) is 5.52. The van der Waals surface area contributed by atoms with E-state index in [-0.39, 0.29) is 0 Å². The van der Waals surface area contributed by atoms with Gasteiger partial charge in [-0.05, 0) is 25.2 Å². The predicted molar refractivity (Wildman–Crippen MR) is 84.5 cm³/mol. The molecule has 1 aromatic carbocycles. The smallest absolute Gasteiger partial charge is 0.142 e. The van der Waals surface area contributed by atoms with E-state index in [2.05, 4.69) is 23.8 Å². The standard InChI is InChI=1S/C15H24ClN3O/c1-12(10-19-7-5-18(2)6-8-19)11-20-15-4-3-13(16)9-14(15)17/h3-4,9,12H,5-8,10-11,17H2,1-2H3. The number of hydrogen-bond acceptors (Lipinski definition) is 4. The minimum Gasteiger partial charge on any atom is -0.491 e. The summed E-state index contributed by atoms with van der Waals surface area (Å²) in [6, 6.07) is 5.36. The Balaban J connectivity index is 1.76. The highest BCUT2D eigenvalue weighted by atomic mass is 35.5. The van der Waals surface area contributed by atoms with E-state index in [9.17, 15) is 0 Å². The van der Waals surface area contributed by atoms with E-state index in [1.165, 1.54) is 0 Å². The lowest BCUT2D eigenvalue weighted by Gasteiger charge is -2.33. The third-order valence-corrected chi connectivity index (χ3v) is 3.90. The van der Waals surface area contributed by atoms with Crippen molar-refractivity contribution in [1.29, 1.82) is 0 Å². The number of anilines is 1. The average Bonchev–Trinajstić information content (AvgIpc) is 2.40. The molecule has 1 aliphatic rings. The Morgan fingerprint density at radius 3 is 2.65 bits per heavy atom. The average molecular weight is 298 g/mol. The first-order chi connectivity index (χ1) is 9.54. The topological polar surface area (TPSA) is 41.7 Å². The Morgan fingerprint density at radius 2 is 2.00 bits per heavy atom. The summed E-state index contributed by atoms with van der Waals surface area (Å²) in [5.74, 6) is 1.20. The molecule has 0 bridgehead atoms. The summed E-state index contributed by atoms with van der Waals surface area (Å²) >= 11 is 5.87. The largest absolute Gasteiger partial charge is 0.491 e. The Hall–Kier alpha value is -0.970. The number of nitrogen functional groups attached to an aromatic ring is 1. The normalized spacial score (nSPS) is 18.9. The van der Waals surface area contributed by atoms with Crippen molar-refractivity contribution in [3.05, 3.63) is 23.2 Å². The zero-order valence-electron chi connectivity index (χ0n) is 12.3. The maximum absolute atomic E-state index is 5.88. The number of rotatable bonds is 5. The van der Waals surface area contributed by atoms with Crippen LogP contribution in [0.4, 0.5) is 5.69 Å². The number of nitrogens with zero attached hydrogens (tertiary/aromatic N) is 2. The van der Waals surface area contributed by atoms with E-state index < -0.39 is 0 Å². The zero-order valence-corrected chi connectivity index (χ0v) is 13.1. The number of piperazine rings is 1. The minimum atomic E-state index is 0.480. The molecule has 1 atom stereocenters. The summed E-state index contributed by atoms with van der Waals surface area (Å²) in [7, 11) is 2.17. The van der Waals surface area contributed by atoms with Crippen LogP contribution in [-0.2, 0) is 0 Å². The van der Waals surface area contributed by atoms with Gasteiger partial charge in [0.25, 0.3) is 0 Å². The molecule has 2 rings (SSSR count). The van der Waals surface area contributed by atoms with Crippen LogP contribution in [0.5, 0.6) is 5.75 Å². The fourth-order valence-corrected chi connectivity index (χ4v) is 2.59. The number of likely N-dealkylation sites (N-methyl/N-ethyl adjacent to an activating group) is 1. The molecular weight excluding hydrogens is 274 g/mol. The van der Waals surface area contributed by atoms with Crippen LogP contribution in [-0.4, -0.2) is 56.2 Å². The molecule has 0 spiro atoms. The SMILES string of the molecule is CC(COc1ccc(Cl)cc1N)CN1CCN(C)CC1. The molecule has 1 heterocycles. The summed E-state index contributed by atoms with van der Waals surface area (Å²) < 4.78 is 5.80. The fraction of sp³-hybridized carbons (Fsp3) is 0.600. The van der Waals surface area contributed by atoms with Crippen LogP contribution in [0.15, 0.2) is 18.2 Å². The maximum Gasteiger partial charge on any atom is 0.142 e. The van der Waals surface area contributed by atoms with Gasteiger partial charge in [-0.1, -0.05) is 18.5 Å². The van der Waals surface area contributed by atoms with Crippen molar-refractivity contribution in [2.75, 3.05) is 52.1 Å². The molecular formula is C15H24ClN3O. The van der Waals surface area contributed by atoms with Crippen molar-refractivity contribution in [3.63, 3.8) is 0 Å². The second-order valence-corrected chi connectivity index (χ2v) is 6.14. The fourth-order valence-electron chi connectivity index (χ4n) is 2.41. The number of halogens is 1. The second kappa shape index (κ2) is 7.16. The molecule has 1 aromatic rings. The Morgan fingerprint density at radius 1 is 1.30 bits per heavy atom. The molecule has 1 fully saturated rings. The van der Waals surface area contributed by atoms with Gasteiger partial charge in [0.2, 0.25) is 0 Å². The first-order valence-corrected chi connectivity index (χ1v) is 7.51. The molecule has 20 heavy (non-hydrogen) atoms. The molecule has 0 radical (unpaired) electrons. The van der Waals surface area contributed by atoms with Crippen LogP contribution in [0.3, 0.4) is 0 Å². The Bertz CT molecular complexity index is 433. The van der Waals surface area contributed by atoms with Gasteiger partial charge in [0.1, 0.15) is 5.75 Å². The molecule has 4 nitrogen and oxygen atoms in total. The zero-order chi connectivity index (χ0) is 14.5. The number of benzene rings is 1. The summed E-state index contributed by atoms with van der Waals surface area (Å²) in [6.45, 7) is 8.55. The second-order valence-electron chi connectivity index (χ2n) is 5.70. The van der Waals surface area contributed by atoms with E-state index in [0.717, 1.165) is 38.5 Å². The minimum absolute atomic E-state index is 0.480. The molecule has 1 saturated heterocycles. The van der Waals surface area contributed by atoms with Crippen molar-refractivity contribution in [3.8, 4) is 5.75 Å². The monoisotopic (exact) mass is 297 g/mol. The van der Waals surface area contributed by atoms with Crippen molar-refractivity contribution in [1.82, 2.24) is 9.80 Å². The van der Waals surface area contributed by atoms with Gasteiger partial charge < -0.3 is 20.3 Å². The van der Waals surface area contributed by atoms with Crippen molar-refractivity contribution in [2.45, 2.75) is 6.92 Å². The van der Waals surface area contributed by atoms with Crippen LogP contribution < -0.4 is 10.5 Å². The molecule has 0 saturated carbocycles. The molecule has 5 heteroatoms. The van der Waals surface area contributed by atoms with Gasteiger partial charge in [0.15, 0.2) is 0 Å². The summed E-state index contributed by atoms with van der Waals surface area (Å²) in [6.07, 6.45) is 0. The Labute approximate surface area is 126 Å². The third-order valence-electron chi connectivity index (χ3n) is 3.66. The van der Waals surface area contributed by atoms with Crippen molar-refractivity contribution in [2.24, 2.45) is 5.92 Å². The maximum atomic E-state index is 5.88. The van der Waals surface area contributed by atoms with E-state index in [1.54, 1.807) is 12.1 Å². The van der Waals surface area contributed by atoms with E-state index in [1.807, 2.05) is 6.07 Å². The van der Waals surface area contributed by atoms with Gasteiger partial charge >= 0.3 is 0 Å². The van der Waals surface area contributed by atoms with Crippen LogP contribution in [0.1, 0.15) is 6.92 Å². The first-order valence-electron chi connectivity index (χ1n) is 7.13. The summed E-state index contributed by atoms with van der Waals surface area (Å²) in [4.78, 5) is 4.87. The lowest BCUT2D eigenvalue weighted by Crippen LogP contribution is -2.46. The van der Waals surface area contributed by atoms with Gasteiger partial charge in [-0.2, -0.15) is 0 Å². The number of hydrogen-bond donors (Lipinski definition) is 1. The first kappa shape index (κ1) is 15.4. The van der Waals surface area contributed by atoms with Crippen molar-refractivity contribution < 1.29 is 4.74 Å². The van der Waals surface area contributed by atoms with E-state index in [0.29, 0.717) is 23.2 Å².